The van der Waals surface area contributed by atoms with Gasteiger partial charge < -0.3 is 4.42 Å². The van der Waals surface area contributed by atoms with Gasteiger partial charge in [0.2, 0.25) is 4.96 Å². The number of anilines is 1. The molecule has 0 saturated carbocycles. The molecular weight excluding hydrogens is 371 g/mol. The molecule has 24 heavy (non-hydrogen) atoms. The van der Waals surface area contributed by atoms with Gasteiger partial charge in [0.15, 0.2) is 5.76 Å². The Bertz CT molecular complexity index is 1040. The molecular formula is C15H8Cl2N4O2S. The first-order valence-corrected chi connectivity index (χ1v) is 8.40. The van der Waals surface area contributed by atoms with Crippen LogP contribution in [0, 0.1) is 0 Å². The third-order valence-corrected chi connectivity index (χ3v) is 4.64. The van der Waals surface area contributed by atoms with Gasteiger partial charge >= 0.3 is 0 Å². The number of rotatable bonds is 3. The number of thiazole rings is 1. The second-order valence-electron chi connectivity index (χ2n) is 4.81. The van der Waals surface area contributed by atoms with Crippen LogP contribution in [0.25, 0.3) is 16.2 Å². The van der Waals surface area contributed by atoms with E-state index in [1.165, 1.54) is 17.6 Å². The number of benzene rings is 1. The van der Waals surface area contributed by atoms with Crippen molar-refractivity contribution < 1.29 is 9.21 Å². The van der Waals surface area contributed by atoms with Crippen LogP contribution in [0.15, 0.2) is 46.4 Å². The van der Waals surface area contributed by atoms with Crippen molar-refractivity contribution in [3.05, 3.63) is 57.8 Å². The van der Waals surface area contributed by atoms with Crippen LogP contribution in [0.3, 0.4) is 0 Å². The number of aromatic nitrogens is 3. The summed E-state index contributed by atoms with van der Waals surface area (Å²) >= 11 is 13.7. The van der Waals surface area contributed by atoms with Crippen molar-refractivity contribution in [2.45, 2.75) is 0 Å². The number of amides is 1. The zero-order valence-electron chi connectivity index (χ0n) is 11.9. The number of nitrogens with one attached hydrogen (secondary N) is 1. The van der Waals surface area contributed by atoms with Crippen molar-refractivity contribution in [2.24, 2.45) is 0 Å². The van der Waals surface area contributed by atoms with Gasteiger partial charge in [0, 0.05) is 16.0 Å². The second-order valence-corrected chi connectivity index (χ2v) is 6.49. The van der Waals surface area contributed by atoms with Crippen LogP contribution in [0.2, 0.25) is 10.0 Å². The summed E-state index contributed by atoms with van der Waals surface area (Å²) in [6.45, 7) is 0. The zero-order chi connectivity index (χ0) is 16.7. The minimum atomic E-state index is -0.416. The third-order valence-electron chi connectivity index (χ3n) is 3.26. The first kappa shape index (κ1) is 15.2. The van der Waals surface area contributed by atoms with E-state index in [1.54, 1.807) is 34.8 Å². The molecule has 1 amide bonds. The molecule has 1 N–H and O–H groups in total. The van der Waals surface area contributed by atoms with E-state index in [0.29, 0.717) is 15.0 Å². The van der Waals surface area contributed by atoms with E-state index in [0.717, 1.165) is 11.3 Å². The maximum absolute atomic E-state index is 12.0. The lowest BCUT2D eigenvalue weighted by atomic mass is 10.2. The van der Waals surface area contributed by atoms with Crippen LogP contribution >= 0.6 is 34.5 Å². The van der Waals surface area contributed by atoms with Crippen LogP contribution in [0.1, 0.15) is 10.6 Å². The van der Waals surface area contributed by atoms with Gasteiger partial charge in [-0.05, 0) is 30.3 Å². The van der Waals surface area contributed by atoms with Crippen LogP contribution in [0.5, 0.6) is 0 Å². The summed E-state index contributed by atoms with van der Waals surface area (Å²) in [4.78, 5) is 16.9. The fourth-order valence-corrected chi connectivity index (χ4v) is 3.39. The molecule has 120 valence electrons. The summed E-state index contributed by atoms with van der Waals surface area (Å²) in [5, 5.41) is 9.91. The SMILES string of the molecule is O=C(Nc1nc2scc(-c3cc(Cl)ccc3Cl)n2n1)c1ccco1. The quantitative estimate of drug-likeness (QED) is 0.564. The van der Waals surface area contributed by atoms with Crippen molar-refractivity contribution in [1.29, 1.82) is 0 Å². The van der Waals surface area contributed by atoms with E-state index < -0.39 is 5.91 Å². The van der Waals surface area contributed by atoms with Crippen molar-refractivity contribution in [3.63, 3.8) is 0 Å². The van der Waals surface area contributed by atoms with Crippen LogP contribution < -0.4 is 5.32 Å². The van der Waals surface area contributed by atoms with Gasteiger partial charge in [-0.1, -0.05) is 23.2 Å². The Hall–Kier alpha value is -2.35. The highest BCUT2D eigenvalue weighted by atomic mass is 35.5. The fraction of sp³-hybridized carbons (Fsp3) is 0. The Morgan fingerprint density at radius 1 is 1.29 bits per heavy atom. The molecule has 1 aromatic carbocycles. The number of nitrogens with zero attached hydrogens (tertiary/aromatic N) is 3. The Kier molecular flexibility index (Phi) is 3.76. The summed E-state index contributed by atoms with van der Waals surface area (Å²) in [5.41, 5.74) is 1.48. The largest absolute Gasteiger partial charge is 0.459 e. The van der Waals surface area contributed by atoms with Crippen LogP contribution in [-0.4, -0.2) is 20.5 Å². The summed E-state index contributed by atoms with van der Waals surface area (Å²) in [6, 6.07) is 8.39. The molecule has 3 aromatic heterocycles. The molecule has 0 aliphatic rings. The van der Waals surface area contributed by atoms with Crippen molar-refractivity contribution in [3.8, 4) is 11.3 Å². The fourth-order valence-electron chi connectivity index (χ4n) is 2.18. The number of carbonyl (C=O) groups excluding carboxylic acids is 1. The topological polar surface area (TPSA) is 72.4 Å². The lowest BCUT2D eigenvalue weighted by Crippen LogP contribution is -2.12. The molecule has 0 bridgehead atoms. The maximum Gasteiger partial charge on any atom is 0.293 e. The molecule has 0 aliphatic heterocycles. The highest BCUT2D eigenvalue weighted by Gasteiger charge is 2.16. The molecule has 9 heteroatoms. The maximum atomic E-state index is 12.0. The molecule has 0 saturated heterocycles. The molecule has 0 spiro atoms. The molecule has 6 nitrogen and oxygen atoms in total. The summed E-state index contributed by atoms with van der Waals surface area (Å²) < 4.78 is 6.65. The first-order chi connectivity index (χ1) is 11.6. The lowest BCUT2D eigenvalue weighted by molar-refractivity contribution is 0.0996. The van der Waals surface area contributed by atoms with Crippen molar-refractivity contribution in [1.82, 2.24) is 14.6 Å². The molecule has 0 unspecified atom stereocenters. The van der Waals surface area contributed by atoms with Gasteiger partial charge in [-0.25, -0.2) is 4.52 Å². The zero-order valence-corrected chi connectivity index (χ0v) is 14.2. The first-order valence-electron chi connectivity index (χ1n) is 6.76. The predicted molar refractivity (Wildman–Crippen MR) is 93.0 cm³/mol. The van der Waals surface area contributed by atoms with Gasteiger partial charge in [0.1, 0.15) is 0 Å². The van der Waals surface area contributed by atoms with Crippen LogP contribution in [0.4, 0.5) is 5.95 Å². The predicted octanol–water partition coefficient (Wildman–Crippen LogP) is 4.61. The number of halogens is 2. The molecule has 0 radical (unpaired) electrons. The van der Waals surface area contributed by atoms with E-state index >= 15 is 0 Å². The van der Waals surface area contributed by atoms with Crippen molar-refractivity contribution >= 4 is 51.4 Å². The monoisotopic (exact) mass is 378 g/mol. The number of hydrogen-bond donors (Lipinski definition) is 1. The molecule has 0 aliphatic carbocycles. The van der Waals surface area contributed by atoms with Crippen LogP contribution in [-0.2, 0) is 0 Å². The van der Waals surface area contributed by atoms with E-state index in [1.807, 2.05) is 5.38 Å². The summed E-state index contributed by atoms with van der Waals surface area (Å²) in [5.74, 6) is -0.0468. The number of furan rings is 1. The normalized spacial score (nSPS) is 11.1. The minimum Gasteiger partial charge on any atom is -0.459 e. The highest BCUT2D eigenvalue weighted by Crippen LogP contribution is 2.33. The minimum absolute atomic E-state index is 0.183. The van der Waals surface area contributed by atoms with E-state index in [9.17, 15) is 4.79 Å². The van der Waals surface area contributed by atoms with Gasteiger partial charge in [-0.15, -0.1) is 16.4 Å². The number of carbonyl (C=O) groups is 1. The van der Waals surface area contributed by atoms with Gasteiger partial charge in [0.25, 0.3) is 11.9 Å². The Morgan fingerprint density at radius 3 is 2.96 bits per heavy atom. The van der Waals surface area contributed by atoms with Crippen molar-refractivity contribution in [2.75, 3.05) is 5.32 Å². The van der Waals surface area contributed by atoms with Gasteiger partial charge in [-0.2, -0.15) is 4.98 Å². The summed E-state index contributed by atoms with van der Waals surface area (Å²) in [6.07, 6.45) is 1.42. The highest BCUT2D eigenvalue weighted by molar-refractivity contribution is 7.15. The standard InChI is InChI=1S/C15H8Cl2N4O2S/c16-8-3-4-10(17)9(6-8)11-7-24-15-19-14(20-21(11)15)18-13(22)12-2-1-5-23-12/h1-7H,(H,18,20,22). The second kappa shape index (κ2) is 5.94. The Morgan fingerprint density at radius 2 is 2.17 bits per heavy atom. The summed E-state index contributed by atoms with van der Waals surface area (Å²) in [7, 11) is 0. The van der Waals surface area contributed by atoms with Gasteiger partial charge in [-0.3, -0.25) is 10.1 Å². The smallest absolute Gasteiger partial charge is 0.293 e. The molecule has 4 aromatic rings. The lowest BCUT2D eigenvalue weighted by Gasteiger charge is -2.03. The Labute approximate surface area is 149 Å². The molecule has 3 heterocycles. The third kappa shape index (κ3) is 2.66. The molecule has 0 fully saturated rings. The average molecular weight is 379 g/mol. The van der Waals surface area contributed by atoms with Gasteiger partial charge in [0.05, 0.1) is 17.0 Å². The number of fused-ring (bicyclic) bond motifs is 1. The van der Waals surface area contributed by atoms with E-state index in [-0.39, 0.29) is 11.7 Å². The molecule has 4 rings (SSSR count). The Balaban J connectivity index is 1.71. The number of hydrogen-bond acceptors (Lipinski definition) is 5. The van der Waals surface area contributed by atoms with E-state index in [4.69, 9.17) is 27.6 Å². The van der Waals surface area contributed by atoms with E-state index in [2.05, 4.69) is 15.4 Å². The molecule has 0 atom stereocenters. The average Bonchev–Trinajstić information content (AvgIpc) is 3.26.